The zero-order valence-corrected chi connectivity index (χ0v) is 18.3. The number of benzene rings is 3. The number of hydroxylamine groups is 1. The second-order valence-electron chi connectivity index (χ2n) is 7.85. The van der Waals surface area contributed by atoms with E-state index < -0.39 is 24.0 Å². The van der Waals surface area contributed by atoms with Gasteiger partial charge in [-0.3, -0.25) is 14.4 Å². The van der Waals surface area contributed by atoms with Gasteiger partial charge in [0.2, 0.25) is 5.91 Å². The van der Waals surface area contributed by atoms with Crippen LogP contribution in [0.5, 0.6) is 5.75 Å². The molecule has 0 saturated carbocycles. The number of nitrogens with zero attached hydrogens (tertiary/aromatic N) is 2. The van der Waals surface area contributed by atoms with Gasteiger partial charge in [-0.15, -0.1) is 0 Å². The zero-order chi connectivity index (χ0) is 22.4. The summed E-state index contributed by atoms with van der Waals surface area (Å²) in [5.41, 5.74) is 3.02. The highest BCUT2D eigenvalue weighted by Gasteiger charge is 2.60. The molecule has 0 radical (unpaired) electrons. The number of amides is 2. The Morgan fingerprint density at radius 2 is 1.53 bits per heavy atom. The van der Waals surface area contributed by atoms with E-state index in [9.17, 15) is 9.59 Å². The van der Waals surface area contributed by atoms with E-state index in [1.54, 1.807) is 36.4 Å². The van der Waals surface area contributed by atoms with Crippen LogP contribution in [0.15, 0.2) is 72.8 Å². The fourth-order valence-electron chi connectivity index (χ4n) is 4.44. The van der Waals surface area contributed by atoms with E-state index in [0.717, 1.165) is 21.7 Å². The predicted molar refractivity (Wildman–Crippen MR) is 122 cm³/mol. The van der Waals surface area contributed by atoms with Crippen molar-refractivity contribution in [2.24, 2.45) is 5.92 Å². The number of hydrogen-bond acceptors (Lipinski definition) is 5. The van der Waals surface area contributed by atoms with Crippen molar-refractivity contribution in [1.29, 1.82) is 0 Å². The summed E-state index contributed by atoms with van der Waals surface area (Å²) < 4.78 is 5.29. The molecule has 3 aromatic carbocycles. The van der Waals surface area contributed by atoms with E-state index in [-0.39, 0.29) is 5.91 Å². The number of hydrogen-bond donors (Lipinski definition) is 0. The van der Waals surface area contributed by atoms with Crippen LogP contribution in [-0.4, -0.2) is 25.0 Å². The molecule has 0 aromatic heterocycles. The van der Waals surface area contributed by atoms with Crippen molar-refractivity contribution >= 4 is 34.8 Å². The van der Waals surface area contributed by atoms with Crippen molar-refractivity contribution in [3.05, 3.63) is 88.9 Å². The van der Waals surface area contributed by atoms with Crippen LogP contribution < -0.4 is 14.7 Å². The highest BCUT2D eigenvalue weighted by molar-refractivity contribution is 6.36. The third-order valence-electron chi connectivity index (χ3n) is 6.02. The summed E-state index contributed by atoms with van der Waals surface area (Å²) >= 11 is 6.31. The normalized spacial score (nSPS) is 22.4. The van der Waals surface area contributed by atoms with E-state index in [1.807, 2.05) is 55.5 Å². The number of aryl methyl sites for hydroxylation is 1. The Balaban J connectivity index is 1.61. The summed E-state index contributed by atoms with van der Waals surface area (Å²) in [6.45, 7) is 1.97. The van der Waals surface area contributed by atoms with Gasteiger partial charge >= 0.3 is 0 Å². The van der Waals surface area contributed by atoms with Gasteiger partial charge in [-0.2, -0.15) is 0 Å². The zero-order valence-electron chi connectivity index (χ0n) is 17.6. The van der Waals surface area contributed by atoms with Gasteiger partial charge in [0.15, 0.2) is 6.10 Å². The standard InChI is InChI=1S/C25H21ClN2O4/c1-15-7-3-5-9-19(15)28-22(16-11-13-17(31-2)14-12-16)21-23(32-28)25(30)27(24(21)29)20-10-6-4-8-18(20)26/h3-14,21-23H,1-2H3/t21-,22+,23-/m0/s1. The number of para-hydroxylation sites is 2. The summed E-state index contributed by atoms with van der Waals surface area (Å²) in [4.78, 5) is 34.4. The Morgan fingerprint density at radius 1 is 0.875 bits per heavy atom. The maximum absolute atomic E-state index is 13.6. The van der Waals surface area contributed by atoms with Gasteiger partial charge in [0.1, 0.15) is 11.7 Å². The van der Waals surface area contributed by atoms with Gasteiger partial charge < -0.3 is 4.74 Å². The number of anilines is 2. The van der Waals surface area contributed by atoms with Crippen molar-refractivity contribution in [2.45, 2.75) is 19.1 Å². The minimum Gasteiger partial charge on any atom is -0.497 e. The van der Waals surface area contributed by atoms with Gasteiger partial charge in [-0.05, 0) is 48.4 Å². The molecule has 3 aromatic rings. The first kappa shape index (κ1) is 20.5. The predicted octanol–water partition coefficient (Wildman–Crippen LogP) is 4.71. The van der Waals surface area contributed by atoms with Gasteiger partial charge in [-0.25, -0.2) is 9.96 Å². The van der Waals surface area contributed by atoms with Gasteiger partial charge in [0, 0.05) is 0 Å². The summed E-state index contributed by atoms with van der Waals surface area (Å²) in [6, 6.07) is 21.6. The number of ether oxygens (including phenoxy) is 1. The lowest BCUT2D eigenvalue weighted by molar-refractivity contribution is -0.126. The van der Waals surface area contributed by atoms with Gasteiger partial charge in [0.25, 0.3) is 5.91 Å². The Bertz CT molecular complexity index is 1200. The van der Waals surface area contributed by atoms with E-state index in [1.165, 1.54) is 0 Å². The maximum Gasteiger partial charge on any atom is 0.266 e. The van der Waals surface area contributed by atoms with Gasteiger partial charge in [-0.1, -0.05) is 54.1 Å². The van der Waals surface area contributed by atoms with Crippen LogP contribution in [0.4, 0.5) is 11.4 Å². The lowest BCUT2D eigenvalue weighted by Gasteiger charge is -2.30. The van der Waals surface area contributed by atoms with Crippen molar-refractivity contribution in [2.75, 3.05) is 17.1 Å². The SMILES string of the molecule is COc1ccc([C@@H]2[C@@H]3C(=O)N(c4ccccc4Cl)C(=O)[C@H]3ON2c2ccccc2C)cc1. The van der Waals surface area contributed by atoms with E-state index in [2.05, 4.69) is 0 Å². The second kappa shape index (κ2) is 7.97. The summed E-state index contributed by atoms with van der Waals surface area (Å²) in [5, 5.41) is 2.04. The van der Waals surface area contributed by atoms with Crippen LogP contribution >= 0.6 is 11.6 Å². The molecule has 0 bridgehead atoms. The molecule has 2 aliphatic rings. The summed E-state index contributed by atoms with van der Waals surface area (Å²) in [6.07, 6.45) is -0.939. The van der Waals surface area contributed by atoms with Crippen molar-refractivity contribution in [1.82, 2.24) is 0 Å². The number of carbonyl (C=O) groups is 2. The molecule has 6 nitrogen and oxygen atoms in total. The lowest BCUT2D eigenvalue weighted by Crippen LogP contribution is -2.37. The molecule has 3 atom stereocenters. The number of halogens is 1. The van der Waals surface area contributed by atoms with E-state index in [0.29, 0.717) is 16.5 Å². The largest absolute Gasteiger partial charge is 0.497 e. The fourth-order valence-corrected chi connectivity index (χ4v) is 4.66. The molecule has 2 aliphatic heterocycles. The van der Waals surface area contributed by atoms with Crippen LogP contribution in [0.25, 0.3) is 0 Å². The van der Waals surface area contributed by atoms with Crippen LogP contribution in [0.2, 0.25) is 5.02 Å². The minimum absolute atomic E-state index is 0.329. The molecule has 5 rings (SSSR count). The Hall–Kier alpha value is -3.35. The molecule has 0 aliphatic carbocycles. The average Bonchev–Trinajstić information content (AvgIpc) is 3.31. The molecule has 162 valence electrons. The number of carbonyl (C=O) groups excluding carboxylic acids is 2. The number of methoxy groups -OCH3 is 1. The maximum atomic E-state index is 13.6. The summed E-state index contributed by atoms with van der Waals surface area (Å²) in [5.74, 6) is -0.752. The average molecular weight is 449 g/mol. The molecule has 2 heterocycles. The summed E-state index contributed by atoms with van der Waals surface area (Å²) in [7, 11) is 1.60. The van der Waals surface area contributed by atoms with Crippen LogP contribution in [0.3, 0.4) is 0 Å². The molecular weight excluding hydrogens is 428 g/mol. The monoisotopic (exact) mass is 448 g/mol. The molecule has 32 heavy (non-hydrogen) atoms. The molecule has 2 fully saturated rings. The van der Waals surface area contributed by atoms with Crippen molar-refractivity contribution in [3.63, 3.8) is 0 Å². The highest BCUT2D eigenvalue weighted by atomic mass is 35.5. The molecule has 7 heteroatoms. The first-order chi connectivity index (χ1) is 15.5. The second-order valence-corrected chi connectivity index (χ2v) is 8.25. The Kier molecular flexibility index (Phi) is 5.12. The van der Waals surface area contributed by atoms with E-state index in [4.69, 9.17) is 21.2 Å². The van der Waals surface area contributed by atoms with Crippen molar-refractivity contribution < 1.29 is 19.2 Å². The molecule has 0 spiro atoms. The highest BCUT2D eigenvalue weighted by Crippen LogP contribution is 2.48. The molecule has 0 unspecified atom stereocenters. The number of rotatable bonds is 4. The fraction of sp³-hybridized carbons (Fsp3) is 0.200. The Labute approximate surface area is 190 Å². The first-order valence-electron chi connectivity index (χ1n) is 10.3. The molecule has 2 amide bonds. The molecule has 0 N–H and O–H groups in total. The van der Waals surface area contributed by atoms with Crippen molar-refractivity contribution in [3.8, 4) is 5.75 Å². The first-order valence-corrected chi connectivity index (χ1v) is 10.7. The third-order valence-corrected chi connectivity index (χ3v) is 6.34. The van der Waals surface area contributed by atoms with Crippen LogP contribution in [0.1, 0.15) is 17.2 Å². The number of imide groups is 1. The third kappa shape index (κ3) is 3.15. The van der Waals surface area contributed by atoms with Crippen LogP contribution in [-0.2, 0) is 14.4 Å². The minimum atomic E-state index is -0.939. The van der Waals surface area contributed by atoms with E-state index >= 15 is 0 Å². The molecular formula is C25H21ClN2O4. The molecule has 2 saturated heterocycles. The lowest BCUT2D eigenvalue weighted by atomic mass is 9.90. The Morgan fingerprint density at radius 3 is 2.19 bits per heavy atom. The van der Waals surface area contributed by atoms with Crippen LogP contribution in [0, 0.1) is 12.8 Å². The topological polar surface area (TPSA) is 59.1 Å². The quantitative estimate of drug-likeness (QED) is 0.541. The smallest absolute Gasteiger partial charge is 0.266 e. The van der Waals surface area contributed by atoms with Gasteiger partial charge in [0.05, 0.1) is 29.5 Å². The number of fused-ring (bicyclic) bond motifs is 1.